The van der Waals surface area contributed by atoms with E-state index in [0.717, 1.165) is 27.5 Å². The number of halogens is 1. The number of anilines is 3. The first-order valence-electron chi connectivity index (χ1n) is 13.7. The van der Waals surface area contributed by atoms with Crippen LogP contribution in [0.5, 0.6) is 0 Å². The van der Waals surface area contributed by atoms with Crippen LogP contribution in [0.3, 0.4) is 0 Å². The number of nitrogens with zero attached hydrogens (tertiary/aromatic N) is 1. The Bertz CT molecular complexity index is 2220. The Labute approximate surface area is 247 Å². The van der Waals surface area contributed by atoms with Crippen LogP contribution in [0.15, 0.2) is 146 Å². The largest absolute Gasteiger partial charge is 0.309 e. The summed E-state index contributed by atoms with van der Waals surface area (Å²) in [5.41, 5.74) is 5.52. The molecule has 0 bridgehead atoms. The van der Waals surface area contributed by atoms with Gasteiger partial charge in [-0.05, 0) is 75.1 Å². The molecule has 1 aromatic heterocycles. The maximum Gasteiger partial charge on any atom is 0.0739 e. The molecule has 0 fully saturated rings. The van der Waals surface area contributed by atoms with Crippen LogP contribution in [0, 0.1) is 0 Å². The van der Waals surface area contributed by atoms with E-state index in [1.807, 2.05) is 0 Å². The van der Waals surface area contributed by atoms with Gasteiger partial charge in [0.25, 0.3) is 0 Å². The molecule has 8 aromatic rings. The van der Waals surface area contributed by atoms with Crippen molar-refractivity contribution in [2.24, 2.45) is 0 Å². The number of rotatable bonds is 4. The van der Waals surface area contributed by atoms with Crippen molar-refractivity contribution in [2.45, 2.75) is 0 Å². The molecule has 0 radical (unpaired) electrons. The number of fused-ring (bicyclic) bond motifs is 5. The van der Waals surface area contributed by atoms with Gasteiger partial charge in [0.2, 0.25) is 0 Å². The Kier molecular flexibility index (Phi) is 5.77. The molecule has 0 N–H and O–H groups in total. The van der Waals surface area contributed by atoms with Gasteiger partial charge in [-0.2, -0.15) is 0 Å². The molecule has 0 spiro atoms. The minimum absolute atomic E-state index is 0.770. The van der Waals surface area contributed by atoms with Crippen molar-refractivity contribution in [3.63, 3.8) is 0 Å². The molecule has 194 valence electrons. The molecule has 3 heteroatoms. The zero-order valence-corrected chi connectivity index (χ0v) is 23.7. The summed E-state index contributed by atoms with van der Waals surface area (Å²) in [5.74, 6) is 0. The van der Waals surface area contributed by atoms with E-state index in [9.17, 15) is 0 Å². The van der Waals surface area contributed by atoms with E-state index in [1.165, 1.54) is 47.5 Å². The van der Waals surface area contributed by atoms with Gasteiger partial charge in [-0.25, -0.2) is 0 Å². The molecule has 8 rings (SSSR count). The average Bonchev–Trinajstić information content (AvgIpc) is 3.42. The van der Waals surface area contributed by atoms with Crippen LogP contribution < -0.4 is 4.90 Å². The van der Waals surface area contributed by atoms with Gasteiger partial charge in [-0.15, -0.1) is 11.3 Å². The Morgan fingerprint density at radius 1 is 0.488 bits per heavy atom. The SMILES string of the molecule is Clc1c(N(c2ccc(-c3cccc4ccccc34)cc2)c2ccc3ccccc3c2)ccc2sc3ccccc3c12. The summed E-state index contributed by atoms with van der Waals surface area (Å²) in [4.78, 5) is 2.29. The van der Waals surface area contributed by atoms with Crippen molar-refractivity contribution >= 4 is 81.7 Å². The van der Waals surface area contributed by atoms with Crippen molar-refractivity contribution in [1.82, 2.24) is 0 Å². The van der Waals surface area contributed by atoms with E-state index < -0.39 is 0 Å². The first-order valence-corrected chi connectivity index (χ1v) is 14.9. The molecule has 1 nitrogen and oxygen atoms in total. The zero-order valence-electron chi connectivity index (χ0n) is 22.1. The Morgan fingerprint density at radius 2 is 1.17 bits per heavy atom. The van der Waals surface area contributed by atoms with E-state index in [0.29, 0.717) is 0 Å². The number of benzene rings is 7. The Morgan fingerprint density at radius 3 is 2.02 bits per heavy atom. The van der Waals surface area contributed by atoms with Gasteiger partial charge in [-0.1, -0.05) is 115 Å². The van der Waals surface area contributed by atoms with Crippen LogP contribution in [-0.2, 0) is 0 Å². The van der Waals surface area contributed by atoms with Crippen molar-refractivity contribution in [1.29, 1.82) is 0 Å². The summed E-state index contributed by atoms with van der Waals surface area (Å²) in [7, 11) is 0. The third-order valence-electron chi connectivity index (χ3n) is 7.92. The Hall–Kier alpha value is -4.63. The first-order chi connectivity index (χ1) is 20.2. The van der Waals surface area contributed by atoms with Crippen LogP contribution in [0.2, 0.25) is 5.02 Å². The molecule has 0 aliphatic heterocycles. The van der Waals surface area contributed by atoms with E-state index in [-0.39, 0.29) is 0 Å². The fourth-order valence-corrected chi connectivity index (χ4v) is 7.47. The number of hydrogen-bond acceptors (Lipinski definition) is 2. The molecule has 0 saturated heterocycles. The van der Waals surface area contributed by atoms with Gasteiger partial charge >= 0.3 is 0 Å². The van der Waals surface area contributed by atoms with Gasteiger partial charge in [0.15, 0.2) is 0 Å². The summed E-state index contributed by atoms with van der Waals surface area (Å²) < 4.78 is 2.45. The van der Waals surface area contributed by atoms with E-state index in [2.05, 4.69) is 150 Å². The van der Waals surface area contributed by atoms with Gasteiger partial charge < -0.3 is 4.90 Å². The van der Waals surface area contributed by atoms with Crippen molar-refractivity contribution < 1.29 is 0 Å². The average molecular weight is 562 g/mol. The standard InChI is InChI=1S/C38H24ClNS/c39-38-34(22-23-36-37(38)33-13-5-6-15-35(33)41-36)40(30-21-16-25-8-1-2-10-28(25)24-30)29-19-17-27(18-20-29)32-14-7-11-26-9-3-4-12-31(26)32/h1-24H. The van der Waals surface area contributed by atoms with Crippen LogP contribution in [0.1, 0.15) is 0 Å². The lowest BCUT2D eigenvalue weighted by atomic mass is 9.98. The van der Waals surface area contributed by atoms with Gasteiger partial charge in [0.1, 0.15) is 0 Å². The molecule has 0 aliphatic carbocycles. The predicted molar refractivity (Wildman–Crippen MR) is 179 cm³/mol. The highest BCUT2D eigenvalue weighted by Crippen LogP contribution is 2.47. The van der Waals surface area contributed by atoms with Crippen LogP contribution in [-0.4, -0.2) is 0 Å². The molecule has 41 heavy (non-hydrogen) atoms. The molecule has 0 atom stereocenters. The normalized spacial score (nSPS) is 11.5. The molecule has 0 aliphatic rings. The first kappa shape index (κ1) is 24.2. The molecule has 0 saturated carbocycles. The van der Waals surface area contributed by atoms with E-state index in [1.54, 1.807) is 11.3 Å². The molecule has 7 aromatic carbocycles. The molecule has 0 unspecified atom stereocenters. The molecule has 1 heterocycles. The lowest BCUT2D eigenvalue weighted by Crippen LogP contribution is -2.10. The van der Waals surface area contributed by atoms with Gasteiger partial charge in [-0.3, -0.25) is 0 Å². The molecular formula is C38H24ClNS. The highest BCUT2D eigenvalue weighted by Gasteiger charge is 2.20. The molecular weight excluding hydrogens is 538 g/mol. The van der Waals surface area contributed by atoms with Gasteiger partial charge in [0, 0.05) is 31.5 Å². The minimum Gasteiger partial charge on any atom is -0.309 e. The van der Waals surface area contributed by atoms with Crippen molar-refractivity contribution in [2.75, 3.05) is 4.90 Å². The van der Waals surface area contributed by atoms with Crippen molar-refractivity contribution in [3.05, 3.63) is 151 Å². The summed E-state index contributed by atoms with van der Waals surface area (Å²) in [5, 5.41) is 7.99. The highest BCUT2D eigenvalue weighted by atomic mass is 35.5. The van der Waals surface area contributed by atoms with Gasteiger partial charge in [0.05, 0.1) is 10.7 Å². The monoisotopic (exact) mass is 561 g/mol. The third-order valence-corrected chi connectivity index (χ3v) is 9.44. The highest BCUT2D eigenvalue weighted by molar-refractivity contribution is 7.26. The Balaban J connectivity index is 1.32. The summed E-state index contributed by atoms with van der Waals surface area (Å²) in [6.45, 7) is 0. The smallest absolute Gasteiger partial charge is 0.0739 e. The van der Waals surface area contributed by atoms with Crippen LogP contribution >= 0.6 is 22.9 Å². The number of thiophene rings is 1. The molecule has 0 amide bonds. The minimum atomic E-state index is 0.770. The van der Waals surface area contributed by atoms with Crippen molar-refractivity contribution in [3.8, 4) is 11.1 Å². The summed E-state index contributed by atoms with van der Waals surface area (Å²) in [6.07, 6.45) is 0. The summed E-state index contributed by atoms with van der Waals surface area (Å²) in [6, 6.07) is 51.9. The van der Waals surface area contributed by atoms with Crippen LogP contribution in [0.4, 0.5) is 17.1 Å². The van der Waals surface area contributed by atoms with Crippen LogP contribution in [0.25, 0.3) is 52.8 Å². The zero-order chi connectivity index (χ0) is 27.3. The van der Waals surface area contributed by atoms with E-state index in [4.69, 9.17) is 11.6 Å². The maximum absolute atomic E-state index is 7.33. The fraction of sp³-hybridized carbons (Fsp3) is 0. The second-order valence-electron chi connectivity index (χ2n) is 10.3. The lowest BCUT2D eigenvalue weighted by molar-refractivity contribution is 1.30. The topological polar surface area (TPSA) is 3.24 Å². The quantitative estimate of drug-likeness (QED) is 0.206. The second kappa shape index (κ2) is 9.78. The predicted octanol–water partition coefficient (Wildman–Crippen LogP) is 12.2. The maximum atomic E-state index is 7.33. The number of hydrogen-bond donors (Lipinski definition) is 0. The van der Waals surface area contributed by atoms with E-state index >= 15 is 0 Å². The lowest BCUT2D eigenvalue weighted by Gasteiger charge is -2.27. The third kappa shape index (κ3) is 4.07. The second-order valence-corrected chi connectivity index (χ2v) is 11.8. The summed E-state index contributed by atoms with van der Waals surface area (Å²) >= 11 is 9.12. The fourth-order valence-electron chi connectivity index (χ4n) is 5.95.